The molecule has 8 nitrogen and oxygen atoms in total. The van der Waals surface area contributed by atoms with E-state index < -0.39 is 40.5 Å². The number of rotatable bonds is 10. The minimum atomic E-state index is -0.888. The molecular weight excluding hydrogens is 496 g/mol. The van der Waals surface area contributed by atoms with E-state index in [0.717, 1.165) is 24.2 Å². The lowest BCUT2D eigenvalue weighted by Gasteiger charge is -2.33. The topological polar surface area (TPSA) is 117 Å². The Morgan fingerprint density at radius 2 is 1.36 bits per heavy atom. The average molecular weight is 547 g/mol. The largest absolute Gasteiger partial charge is 0.488 e. The van der Waals surface area contributed by atoms with Gasteiger partial charge >= 0.3 is 11.9 Å². The van der Waals surface area contributed by atoms with E-state index >= 15 is 0 Å². The van der Waals surface area contributed by atoms with Crippen molar-refractivity contribution in [3.8, 4) is 5.75 Å². The molecule has 0 bridgehead atoms. The van der Waals surface area contributed by atoms with Gasteiger partial charge in [-0.3, -0.25) is 9.59 Å². The highest BCUT2D eigenvalue weighted by atomic mass is 16.6. The SMILES string of the molecule is CC(C)(C)OC(=O)[C@H](CN)CC1(C(=O)N[C@@H](Cc2ccc(OC(C)(C)C)cc2)C(=O)OC(C)(C)C)CCCC1. The first-order chi connectivity index (χ1) is 17.8. The van der Waals surface area contributed by atoms with Crippen LogP contribution in [0.2, 0.25) is 0 Å². The van der Waals surface area contributed by atoms with Crippen LogP contribution in [-0.2, 0) is 30.3 Å². The molecule has 0 spiro atoms. The van der Waals surface area contributed by atoms with Crippen molar-refractivity contribution in [1.82, 2.24) is 5.32 Å². The number of hydrogen-bond acceptors (Lipinski definition) is 7. The summed E-state index contributed by atoms with van der Waals surface area (Å²) in [5, 5.41) is 3.00. The van der Waals surface area contributed by atoms with Crippen molar-refractivity contribution in [2.45, 2.75) is 124 Å². The van der Waals surface area contributed by atoms with Crippen LogP contribution in [0.15, 0.2) is 24.3 Å². The number of benzene rings is 1. The first-order valence-corrected chi connectivity index (χ1v) is 14.1. The van der Waals surface area contributed by atoms with Crippen molar-refractivity contribution >= 4 is 17.8 Å². The molecule has 1 amide bonds. The molecule has 1 aliphatic carbocycles. The molecule has 3 N–H and O–H groups in total. The van der Waals surface area contributed by atoms with Gasteiger partial charge in [-0.2, -0.15) is 0 Å². The predicted octanol–water partition coefficient (Wildman–Crippen LogP) is 5.10. The summed E-state index contributed by atoms with van der Waals surface area (Å²) in [5.74, 6) is -1.02. The maximum atomic E-state index is 13.9. The molecule has 1 aromatic carbocycles. The molecular formula is C31H50N2O6. The van der Waals surface area contributed by atoms with Crippen LogP contribution in [0.4, 0.5) is 0 Å². The smallest absolute Gasteiger partial charge is 0.329 e. The van der Waals surface area contributed by atoms with Gasteiger partial charge in [-0.15, -0.1) is 0 Å². The lowest BCUT2D eigenvalue weighted by Crippen LogP contribution is -2.51. The minimum Gasteiger partial charge on any atom is -0.488 e. The van der Waals surface area contributed by atoms with E-state index in [4.69, 9.17) is 19.9 Å². The molecule has 1 aliphatic rings. The summed E-state index contributed by atoms with van der Waals surface area (Å²) < 4.78 is 17.2. The van der Waals surface area contributed by atoms with E-state index in [0.29, 0.717) is 12.8 Å². The van der Waals surface area contributed by atoms with Crippen molar-refractivity contribution in [3.05, 3.63) is 29.8 Å². The molecule has 220 valence electrons. The molecule has 8 heteroatoms. The Hall–Kier alpha value is -2.61. The number of hydrogen-bond donors (Lipinski definition) is 2. The number of carbonyl (C=O) groups is 3. The minimum absolute atomic E-state index is 0.0857. The maximum Gasteiger partial charge on any atom is 0.329 e. The van der Waals surface area contributed by atoms with Crippen LogP contribution in [0.5, 0.6) is 5.75 Å². The average Bonchev–Trinajstić information content (AvgIpc) is 3.25. The van der Waals surface area contributed by atoms with Crippen molar-refractivity contribution in [2.75, 3.05) is 6.54 Å². The van der Waals surface area contributed by atoms with Gasteiger partial charge in [-0.1, -0.05) is 25.0 Å². The Labute approximate surface area is 234 Å². The molecule has 0 radical (unpaired) electrons. The van der Waals surface area contributed by atoms with Gasteiger partial charge in [-0.05, 0) is 99.3 Å². The normalized spacial score (nSPS) is 17.2. The third kappa shape index (κ3) is 10.8. The highest BCUT2D eigenvalue weighted by Crippen LogP contribution is 2.44. The lowest BCUT2D eigenvalue weighted by molar-refractivity contribution is -0.163. The van der Waals surface area contributed by atoms with Crippen molar-refractivity contribution in [3.63, 3.8) is 0 Å². The van der Waals surface area contributed by atoms with Gasteiger partial charge < -0.3 is 25.3 Å². The first kappa shape index (κ1) is 32.6. The van der Waals surface area contributed by atoms with Crippen LogP contribution in [0.25, 0.3) is 0 Å². The highest BCUT2D eigenvalue weighted by Gasteiger charge is 2.45. The molecule has 2 rings (SSSR count). The van der Waals surface area contributed by atoms with Crippen LogP contribution < -0.4 is 15.8 Å². The summed E-state index contributed by atoms with van der Waals surface area (Å²) in [4.78, 5) is 40.0. The van der Waals surface area contributed by atoms with Gasteiger partial charge in [0.25, 0.3) is 0 Å². The molecule has 0 saturated heterocycles. The van der Waals surface area contributed by atoms with Gasteiger partial charge in [0.05, 0.1) is 11.3 Å². The Bertz CT molecular complexity index is 976. The second-order valence-corrected chi connectivity index (χ2v) is 13.8. The van der Waals surface area contributed by atoms with Crippen molar-refractivity contribution < 1.29 is 28.6 Å². The number of esters is 2. The van der Waals surface area contributed by atoms with Gasteiger partial charge in [0, 0.05) is 13.0 Å². The fraction of sp³-hybridized carbons (Fsp3) is 0.710. The third-order valence-electron chi connectivity index (χ3n) is 6.49. The molecule has 0 aliphatic heterocycles. The molecule has 2 atom stereocenters. The first-order valence-electron chi connectivity index (χ1n) is 14.1. The Kier molecular flexibility index (Phi) is 10.6. The molecule has 39 heavy (non-hydrogen) atoms. The van der Waals surface area contributed by atoms with Crippen LogP contribution >= 0.6 is 0 Å². The van der Waals surface area contributed by atoms with E-state index in [-0.39, 0.29) is 30.9 Å². The maximum absolute atomic E-state index is 13.9. The van der Waals surface area contributed by atoms with Crippen molar-refractivity contribution in [1.29, 1.82) is 0 Å². The summed E-state index contributed by atoms with van der Waals surface area (Å²) in [6.07, 6.45) is 3.52. The Balaban J connectivity index is 2.27. The van der Waals surface area contributed by atoms with E-state index in [2.05, 4.69) is 5.32 Å². The number of amides is 1. The van der Waals surface area contributed by atoms with Crippen LogP contribution in [-0.4, -0.2) is 47.2 Å². The van der Waals surface area contributed by atoms with Gasteiger partial charge in [0.15, 0.2) is 0 Å². The molecule has 1 aromatic rings. The van der Waals surface area contributed by atoms with E-state index in [9.17, 15) is 14.4 Å². The fourth-order valence-electron chi connectivity index (χ4n) is 4.86. The van der Waals surface area contributed by atoms with Gasteiger partial charge in [0.2, 0.25) is 5.91 Å². The fourth-order valence-corrected chi connectivity index (χ4v) is 4.86. The monoisotopic (exact) mass is 546 g/mol. The predicted molar refractivity (Wildman–Crippen MR) is 152 cm³/mol. The molecule has 0 unspecified atom stereocenters. The van der Waals surface area contributed by atoms with Crippen LogP contribution in [0, 0.1) is 11.3 Å². The zero-order valence-electron chi connectivity index (χ0n) is 25.4. The summed E-state index contributed by atoms with van der Waals surface area (Å²) in [6.45, 7) is 16.8. The van der Waals surface area contributed by atoms with Gasteiger partial charge in [-0.25, -0.2) is 4.79 Å². The highest BCUT2D eigenvalue weighted by molar-refractivity contribution is 5.89. The summed E-state index contributed by atoms with van der Waals surface area (Å²) in [6, 6.07) is 6.62. The second-order valence-electron chi connectivity index (χ2n) is 13.8. The summed E-state index contributed by atoms with van der Waals surface area (Å²) in [7, 11) is 0. The molecule has 0 heterocycles. The van der Waals surface area contributed by atoms with E-state index in [1.807, 2.05) is 65.8 Å². The molecule has 1 saturated carbocycles. The second kappa shape index (κ2) is 12.7. The molecule has 0 aromatic heterocycles. The standard InChI is InChI=1S/C31H50N2O6/c1-28(2,3)37-23-14-12-21(13-15-23)18-24(26(35)39-30(7,8)9)33-27(36)31(16-10-11-17-31)19-22(20-32)25(34)38-29(4,5)6/h12-15,22,24H,10-11,16-20,32H2,1-9H3,(H,33,36)/t22-,24-/m0/s1. The number of nitrogens with two attached hydrogens (primary N) is 1. The van der Waals surface area contributed by atoms with Gasteiger partial charge in [0.1, 0.15) is 28.6 Å². The zero-order valence-corrected chi connectivity index (χ0v) is 25.4. The number of carbonyl (C=O) groups excluding carboxylic acids is 3. The van der Waals surface area contributed by atoms with Crippen LogP contribution in [0.3, 0.4) is 0 Å². The summed E-state index contributed by atoms with van der Waals surface area (Å²) in [5.41, 5.74) is 4.36. The quantitative estimate of drug-likeness (QED) is 0.392. The number of nitrogens with one attached hydrogen (secondary N) is 1. The Morgan fingerprint density at radius 3 is 1.82 bits per heavy atom. The third-order valence-corrected chi connectivity index (χ3v) is 6.49. The van der Waals surface area contributed by atoms with E-state index in [1.54, 1.807) is 20.8 Å². The molecule has 1 fully saturated rings. The number of ether oxygens (including phenoxy) is 3. The van der Waals surface area contributed by atoms with Crippen molar-refractivity contribution in [2.24, 2.45) is 17.1 Å². The summed E-state index contributed by atoms with van der Waals surface area (Å²) >= 11 is 0. The zero-order chi connectivity index (χ0) is 29.6. The lowest BCUT2D eigenvalue weighted by atomic mass is 9.76. The van der Waals surface area contributed by atoms with Crippen LogP contribution in [0.1, 0.15) is 100.0 Å². The van der Waals surface area contributed by atoms with E-state index in [1.165, 1.54) is 0 Å². The Morgan fingerprint density at radius 1 is 0.846 bits per heavy atom.